The van der Waals surface area contributed by atoms with Crippen molar-refractivity contribution in [1.29, 1.82) is 0 Å². The lowest BCUT2D eigenvalue weighted by molar-refractivity contribution is 0.479. The number of H-pyrrole nitrogens is 1. The van der Waals surface area contributed by atoms with Crippen LogP contribution in [0.1, 0.15) is 11.3 Å². The zero-order valence-electron chi connectivity index (χ0n) is 13.6. The Balaban J connectivity index is 2.25. The van der Waals surface area contributed by atoms with E-state index in [1.807, 2.05) is 30.1 Å². The molecule has 0 unspecified atom stereocenters. The molecule has 0 aliphatic heterocycles. The number of aromatic nitrogens is 2. The Morgan fingerprint density at radius 3 is 2.13 bits per heavy atom. The fourth-order valence-electron chi connectivity index (χ4n) is 1.79. The van der Waals surface area contributed by atoms with E-state index in [-0.39, 0.29) is 0 Å². The van der Waals surface area contributed by atoms with Crippen LogP contribution in [-0.2, 0) is 13.1 Å². The van der Waals surface area contributed by atoms with Crippen LogP contribution in [0, 0.1) is 0 Å². The van der Waals surface area contributed by atoms with Crippen molar-refractivity contribution >= 4 is 34.7 Å². The van der Waals surface area contributed by atoms with Crippen molar-refractivity contribution in [3.8, 4) is 0 Å². The van der Waals surface area contributed by atoms with Crippen LogP contribution in [0.15, 0.2) is 6.20 Å². The number of nitrogens with two attached hydrogens (primary N) is 2. The van der Waals surface area contributed by atoms with Gasteiger partial charge in [-0.25, -0.2) is 0 Å². The molecule has 0 saturated heterocycles. The Labute approximate surface area is 147 Å². The van der Waals surface area contributed by atoms with Crippen LogP contribution in [0.4, 0.5) is 0 Å². The molecule has 0 aromatic carbocycles. The molecule has 1 aromatic rings. The summed E-state index contributed by atoms with van der Waals surface area (Å²) in [5, 5.41) is 14.7. The van der Waals surface area contributed by atoms with Gasteiger partial charge < -0.3 is 31.9 Å². The minimum Gasteiger partial charge on any atom is -0.376 e. The maximum Gasteiger partial charge on any atom is 0.166 e. The standard InChI is InChI=1S/C13H26N8S2/c1-20(12(14)22)5-3-16-7-10-8-18-19-11(10)9-17-4-6-21(2)13(15)23/h8,16-17H,3-7,9H2,1-2H3,(H2,14,22)(H2,15,23)(H,18,19). The van der Waals surface area contributed by atoms with Gasteiger partial charge in [-0.15, -0.1) is 0 Å². The lowest BCUT2D eigenvalue weighted by Gasteiger charge is -2.17. The zero-order valence-corrected chi connectivity index (χ0v) is 15.3. The number of hydrogen-bond donors (Lipinski definition) is 5. The molecule has 0 fully saturated rings. The Morgan fingerprint density at radius 2 is 1.61 bits per heavy atom. The summed E-state index contributed by atoms with van der Waals surface area (Å²) in [6.45, 7) is 4.55. The number of rotatable bonds is 10. The first kappa shape index (κ1) is 19.6. The average Bonchev–Trinajstić information content (AvgIpc) is 2.94. The summed E-state index contributed by atoms with van der Waals surface area (Å²) in [5.41, 5.74) is 13.2. The van der Waals surface area contributed by atoms with E-state index in [1.54, 1.807) is 0 Å². The highest BCUT2D eigenvalue weighted by Crippen LogP contribution is 2.03. The van der Waals surface area contributed by atoms with E-state index in [1.165, 1.54) is 0 Å². The minimum absolute atomic E-state index is 0.401. The van der Waals surface area contributed by atoms with Gasteiger partial charge in [0.25, 0.3) is 0 Å². The fraction of sp³-hybridized carbons (Fsp3) is 0.615. The van der Waals surface area contributed by atoms with Gasteiger partial charge in [0.2, 0.25) is 0 Å². The number of likely N-dealkylation sites (N-methyl/N-ethyl adjacent to an activating group) is 2. The molecule has 1 aromatic heterocycles. The third-order valence-corrected chi connectivity index (χ3v) is 4.04. The molecule has 0 bridgehead atoms. The summed E-state index contributed by atoms with van der Waals surface area (Å²) < 4.78 is 0. The summed E-state index contributed by atoms with van der Waals surface area (Å²) >= 11 is 9.79. The van der Waals surface area contributed by atoms with Crippen LogP contribution in [0.3, 0.4) is 0 Å². The molecular formula is C13H26N8S2. The summed E-state index contributed by atoms with van der Waals surface area (Å²) in [7, 11) is 3.75. The molecule has 1 rings (SSSR count). The molecule has 0 atom stereocenters. The van der Waals surface area contributed by atoms with Crippen LogP contribution >= 0.6 is 24.4 Å². The van der Waals surface area contributed by atoms with Gasteiger partial charge in [0.05, 0.1) is 5.69 Å². The van der Waals surface area contributed by atoms with E-state index >= 15 is 0 Å². The van der Waals surface area contributed by atoms with Gasteiger partial charge in [-0.2, -0.15) is 5.10 Å². The Kier molecular flexibility index (Phi) is 8.77. The van der Waals surface area contributed by atoms with Gasteiger partial charge in [0.15, 0.2) is 10.2 Å². The highest BCUT2D eigenvalue weighted by molar-refractivity contribution is 7.80. The summed E-state index contributed by atoms with van der Waals surface area (Å²) in [4.78, 5) is 3.66. The Bertz CT molecular complexity index is 461. The van der Waals surface area contributed by atoms with E-state index in [0.29, 0.717) is 16.8 Å². The summed E-state index contributed by atoms with van der Waals surface area (Å²) in [6, 6.07) is 0. The first-order valence-corrected chi connectivity index (χ1v) is 8.17. The van der Waals surface area contributed by atoms with E-state index in [4.69, 9.17) is 35.9 Å². The first-order chi connectivity index (χ1) is 10.9. The lowest BCUT2D eigenvalue weighted by atomic mass is 10.2. The summed E-state index contributed by atoms with van der Waals surface area (Å²) in [6.07, 6.45) is 1.91. The van der Waals surface area contributed by atoms with Gasteiger partial charge >= 0.3 is 0 Å². The predicted octanol–water partition coefficient (Wildman–Crippen LogP) is -1.06. The number of thiocarbonyl (C=S) groups is 2. The molecule has 0 aliphatic carbocycles. The second-order valence-electron chi connectivity index (χ2n) is 5.23. The zero-order chi connectivity index (χ0) is 17.2. The van der Waals surface area contributed by atoms with Gasteiger partial charge in [-0.1, -0.05) is 0 Å². The molecule has 7 N–H and O–H groups in total. The largest absolute Gasteiger partial charge is 0.376 e. The third-order valence-electron chi connectivity index (χ3n) is 3.42. The fourth-order valence-corrected chi connectivity index (χ4v) is 1.98. The molecule has 0 amide bonds. The molecule has 1 heterocycles. The molecule has 0 saturated carbocycles. The van der Waals surface area contributed by atoms with Crippen molar-refractivity contribution in [1.82, 2.24) is 30.6 Å². The minimum atomic E-state index is 0.401. The molecule has 23 heavy (non-hydrogen) atoms. The highest BCUT2D eigenvalue weighted by atomic mass is 32.1. The smallest absolute Gasteiger partial charge is 0.166 e. The van der Waals surface area contributed by atoms with Crippen molar-refractivity contribution in [3.05, 3.63) is 17.5 Å². The Morgan fingerprint density at radius 1 is 1.09 bits per heavy atom. The van der Waals surface area contributed by atoms with Crippen LogP contribution in [0.2, 0.25) is 0 Å². The van der Waals surface area contributed by atoms with Crippen LogP contribution < -0.4 is 22.1 Å². The molecular weight excluding hydrogens is 332 g/mol. The topological polar surface area (TPSA) is 111 Å². The lowest BCUT2D eigenvalue weighted by Crippen LogP contribution is -2.37. The number of aromatic amines is 1. The van der Waals surface area contributed by atoms with Gasteiger partial charge in [0.1, 0.15) is 0 Å². The first-order valence-electron chi connectivity index (χ1n) is 7.36. The van der Waals surface area contributed by atoms with Crippen LogP contribution in [-0.4, -0.2) is 70.5 Å². The van der Waals surface area contributed by atoms with Gasteiger partial charge in [-0.05, 0) is 24.4 Å². The molecule has 0 aliphatic rings. The Hall–Kier alpha value is -1.49. The maximum absolute atomic E-state index is 5.53. The van der Waals surface area contributed by atoms with E-state index in [2.05, 4.69) is 20.8 Å². The van der Waals surface area contributed by atoms with Crippen molar-refractivity contribution in [2.75, 3.05) is 40.3 Å². The molecule has 0 radical (unpaired) electrons. The van der Waals surface area contributed by atoms with Gasteiger partial charge in [-0.3, -0.25) is 5.10 Å². The van der Waals surface area contributed by atoms with Crippen molar-refractivity contribution in [2.45, 2.75) is 13.1 Å². The molecule has 8 nitrogen and oxygen atoms in total. The second-order valence-corrected chi connectivity index (χ2v) is 6.07. The van der Waals surface area contributed by atoms with Crippen LogP contribution in [0.25, 0.3) is 0 Å². The van der Waals surface area contributed by atoms with E-state index < -0.39 is 0 Å². The number of hydrogen-bond acceptors (Lipinski definition) is 5. The van der Waals surface area contributed by atoms with E-state index in [0.717, 1.165) is 44.0 Å². The average molecular weight is 359 g/mol. The van der Waals surface area contributed by atoms with Gasteiger partial charge in [0, 0.05) is 65.1 Å². The van der Waals surface area contributed by atoms with Crippen LogP contribution in [0.5, 0.6) is 0 Å². The monoisotopic (exact) mass is 358 g/mol. The number of nitrogens with zero attached hydrogens (tertiary/aromatic N) is 3. The van der Waals surface area contributed by atoms with Crippen molar-refractivity contribution in [2.24, 2.45) is 11.5 Å². The van der Waals surface area contributed by atoms with Crippen molar-refractivity contribution in [3.63, 3.8) is 0 Å². The highest BCUT2D eigenvalue weighted by Gasteiger charge is 2.06. The molecule has 130 valence electrons. The van der Waals surface area contributed by atoms with Crippen molar-refractivity contribution < 1.29 is 0 Å². The maximum atomic E-state index is 5.53. The molecule has 0 spiro atoms. The number of nitrogens with one attached hydrogen (secondary N) is 3. The predicted molar refractivity (Wildman–Crippen MR) is 101 cm³/mol. The summed E-state index contributed by atoms with van der Waals surface area (Å²) in [5.74, 6) is 0. The molecule has 10 heteroatoms. The third kappa shape index (κ3) is 7.55. The quantitative estimate of drug-likeness (QED) is 0.264. The van der Waals surface area contributed by atoms with E-state index in [9.17, 15) is 0 Å². The normalized spacial score (nSPS) is 10.5. The SMILES string of the molecule is CN(CCNCc1c[nH]nc1CNCCN(C)C(N)=S)C(N)=S. The second kappa shape index (κ2) is 10.3.